The van der Waals surface area contributed by atoms with Gasteiger partial charge in [-0.15, -0.1) is 11.3 Å². The molecule has 2 N–H and O–H groups in total. The summed E-state index contributed by atoms with van der Waals surface area (Å²) < 4.78 is 27.1. The van der Waals surface area contributed by atoms with Gasteiger partial charge in [0.25, 0.3) is 5.91 Å². The number of halogens is 2. The second kappa shape index (κ2) is 5.65. The largest absolute Gasteiger partial charge is 0.347 e. The second-order valence-corrected chi connectivity index (χ2v) is 7.02. The standard InChI is InChI=1S/C16H15F2N3OS/c17-10-3-1-2-9(14(10)18)16-19-7-13(23-16)15(22)21-12-6-8-4-5-11(12)20-8/h1-3,7-8,11-12,20H,4-6H2,(H,21,22). The van der Waals surface area contributed by atoms with Gasteiger partial charge in [-0.3, -0.25) is 4.79 Å². The van der Waals surface area contributed by atoms with Crippen LogP contribution in [0, 0.1) is 11.6 Å². The molecular formula is C16H15F2N3OS. The van der Waals surface area contributed by atoms with Crippen LogP contribution in [0.2, 0.25) is 0 Å². The van der Waals surface area contributed by atoms with E-state index < -0.39 is 11.6 Å². The monoisotopic (exact) mass is 335 g/mol. The number of fused-ring (bicyclic) bond motifs is 2. The molecule has 3 atom stereocenters. The van der Waals surface area contributed by atoms with Crippen LogP contribution in [0.4, 0.5) is 8.78 Å². The summed E-state index contributed by atoms with van der Waals surface area (Å²) in [5, 5.41) is 6.78. The Bertz CT molecular complexity index is 764. The lowest BCUT2D eigenvalue weighted by Gasteiger charge is -2.20. The van der Waals surface area contributed by atoms with E-state index in [0.717, 1.165) is 30.2 Å². The van der Waals surface area contributed by atoms with Crippen LogP contribution < -0.4 is 10.6 Å². The van der Waals surface area contributed by atoms with Gasteiger partial charge >= 0.3 is 0 Å². The highest BCUT2D eigenvalue weighted by Gasteiger charge is 2.39. The molecule has 2 fully saturated rings. The van der Waals surface area contributed by atoms with Crippen LogP contribution in [0.1, 0.15) is 28.9 Å². The van der Waals surface area contributed by atoms with Crippen LogP contribution in [0.25, 0.3) is 10.6 Å². The molecule has 4 nitrogen and oxygen atoms in total. The number of amides is 1. The third-order valence-electron chi connectivity index (χ3n) is 4.53. The van der Waals surface area contributed by atoms with Crippen molar-refractivity contribution in [3.8, 4) is 10.6 Å². The Morgan fingerprint density at radius 2 is 2.22 bits per heavy atom. The Balaban J connectivity index is 1.51. The zero-order chi connectivity index (χ0) is 16.0. The minimum atomic E-state index is -0.939. The quantitative estimate of drug-likeness (QED) is 0.907. The molecule has 2 aliphatic heterocycles. The molecule has 3 heterocycles. The molecule has 0 radical (unpaired) electrons. The molecule has 23 heavy (non-hydrogen) atoms. The lowest BCUT2D eigenvalue weighted by molar-refractivity contribution is 0.0935. The summed E-state index contributed by atoms with van der Waals surface area (Å²) in [5.41, 5.74) is 0.0793. The van der Waals surface area contributed by atoms with Crippen molar-refractivity contribution in [1.29, 1.82) is 0 Å². The average molecular weight is 335 g/mol. The number of carbonyl (C=O) groups excluding carboxylic acids is 1. The number of carbonyl (C=O) groups is 1. The Morgan fingerprint density at radius 3 is 2.96 bits per heavy atom. The first-order chi connectivity index (χ1) is 11.1. The molecule has 2 saturated heterocycles. The molecule has 0 spiro atoms. The molecule has 2 aliphatic rings. The number of rotatable bonds is 3. The molecule has 1 aromatic carbocycles. The van der Waals surface area contributed by atoms with Crippen molar-refractivity contribution >= 4 is 17.2 Å². The van der Waals surface area contributed by atoms with E-state index in [1.807, 2.05) is 0 Å². The lowest BCUT2D eigenvalue weighted by atomic mass is 9.95. The van der Waals surface area contributed by atoms with Crippen LogP contribution >= 0.6 is 11.3 Å². The number of benzene rings is 1. The molecule has 120 valence electrons. The van der Waals surface area contributed by atoms with Crippen molar-refractivity contribution in [1.82, 2.24) is 15.6 Å². The summed E-state index contributed by atoms with van der Waals surface area (Å²) in [5.74, 6) is -2.06. The van der Waals surface area contributed by atoms with Crippen molar-refractivity contribution in [3.05, 3.63) is 40.9 Å². The third kappa shape index (κ3) is 2.64. The minimum absolute atomic E-state index is 0.0793. The van der Waals surface area contributed by atoms with Gasteiger partial charge in [-0.2, -0.15) is 0 Å². The van der Waals surface area contributed by atoms with E-state index >= 15 is 0 Å². The molecule has 1 amide bonds. The Kier molecular flexibility index (Phi) is 3.61. The van der Waals surface area contributed by atoms with Gasteiger partial charge in [0.2, 0.25) is 0 Å². The molecule has 0 saturated carbocycles. The van der Waals surface area contributed by atoms with Gasteiger partial charge < -0.3 is 10.6 Å². The zero-order valence-corrected chi connectivity index (χ0v) is 13.0. The lowest BCUT2D eigenvalue weighted by Crippen LogP contribution is -2.42. The van der Waals surface area contributed by atoms with Crippen molar-refractivity contribution in [2.45, 2.75) is 37.4 Å². The van der Waals surface area contributed by atoms with Gasteiger partial charge in [0, 0.05) is 23.7 Å². The normalized spacial score (nSPS) is 25.7. The van der Waals surface area contributed by atoms with E-state index in [9.17, 15) is 13.6 Å². The summed E-state index contributed by atoms with van der Waals surface area (Å²) >= 11 is 1.07. The fraction of sp³-hybridized carbons (Fsp3) is 0.375. The summed E-state index contributed by atoms with van der Waals surface area (Å²) in [7, 11) is 0. The first kappa shape index (κ1) is 14.7. The number of aromatic nitrogens is 1. The molecule has 3 unspecified atom stereocenters. The fourth-order valence-electron chi connectivity index (χ4n) is 3.40. The van der Waals surface area contributed by atoms with E-state index in [0.29, 0.717) is 22.0 Å². The summed E-state index contributed by atoms with van der Waals surface area (Å²) in [6.07, 6.45) is 4.61. The molecule has 4 rings (SSSR count). The smallest absolute Gasteiger partial charge is 0.263 e. The van der Waals surface area contributed by atoms with Crippen LogP contribution in [-0.2, 0) is 0 Å². The topological polar surface area (TPSA) is 54.0 Å². The van der Waals surface area contributed by atoms with Crippen molar-refractivity contribution in [2.75, 3.05) is 0 Å². The van der Waals surface area contributed by atoms with Gasteiger partial charge in [-0.1, -0.05) is 6.07 Å². The van der Waals surface area contributed by atoms with E-state index in [-0.39, 0.29) is 17.5 Å². The van der Waals surface area contributed by atoms with Gasteiger partial charge in [0.15, 0.2) is 11.6 Å². The second-order valence-electron chi connectivity index (χ2n) is 5.99. The highest BCUT2D eigenvalue weighted by atomic mass is 32.1. The summed E-state index contributed by atoms with van der Waals surface area (Å²) in [6, 6.07) is 4.93. The molecule has 7 heteroatoms. The highest BCUT2D eigenvalue weighted by molar-refractivity contribution is 7.16. The Labute approximate surface area is 135 Å². The van der Waals surface area contributed by atoms with Crippen LogP contribution in [0.15, 0.2) is 24.4 Å². The first-order valence-corrected chi connectivity index (χ1v) is 8.40. The molecule has 0 aliphatic carbocycles. The number of thiazole rings is 1. The maximum atomic E-state index is 13.8. The summed E-state index contributed by atoms with van der Waals surface area (Å²) in [6.45, 7) is 0. The molecule has 2 bridgehead atoms. The van der Waals surface area contributed by atoms with Crippen molar-refractivity contribution in [2.24, 2.45) is 0 Å². The van der Waals surface area contributed by atoms with E-state index in [4.69, 9.17) is 0 Å². The maximum Gasteiger partial charge on any atom is 0.263 e. The Morgan fingerprint density at radius 1 is 1.35 bits per heavy atom. The minimum Gasteiger partial charge on any atom is -0.347 e. The third-order valence-corrected chi connectivity index (χ3v) is 5.56. The fourth-order valence-corrected chi connectivity index (χ4v) is 4.23. The zero-order valence-electron chi connectivity index (χ0n) is 12.2. The number of nitrogens with zero attached hydrogens (tertiary/aromatic N) is 1. The SMILES string of the molecule is O=C(NC1CC2CCC1N2)c1cnc(-c2cccc(F)c2F)s1. The average Bonchev–Trinajstić information content (AvgIpc) is 3.25. The molecular weight excluding hydrogens is 320 g/mol. The van der Waals surface area contributed by atoms with E-state index in [1.54, 1.807) is 0 Å². The van der Waals surface area contributed by atoms with E-state index in [2.05, 4.69) is 15.6 Å². The first-order valence-electron chi connectivity index (χ1n) is 7.59. The number of hydrogen-bond donors (Lipinski definition) is 2. The van der Waals surface area contributed by atoms with Crippen LogP contribution in [0.3, 0.4) is 0 Å². The van der Waals surface area contributed by atoms with Gasteiger partial charge in [-0.05, 0) is 31.4 Å². The Hall–Kier alpha value is -1.86. The van der Waals surface area contributed by atoms with E-state index in [1.165, 1.54) is 24.8 Å². The van der Waals surface area contributed by atoms with Gasteiger partial charge in [0.05, 0.1) is 6.20 Å². The van der Waals surface area contributed by atoms with Gasteiger partial charge in [0.1, 0.15) is 9.88 Å². The molecule has 2 aromatic rings. The molecule has 1 aromatic heterocycles. The van der Waals surface area contributed by atoms with Crippen molar-refractivity contribution < 1.29 is 13.6 Å². The van der Waals surface area contributed by atoms with Crippen LogP contribution in [-0.4, -0.2) is 29.0 Å². The number of hydrogen-bond acceptors (Lipinski definition) is 4. The van der Waals surface area contributed by atoms with Gasteiger partial charge in [-0.25, -0.2) is 13.8 Å². The highest BCUT2D eigenvalue weighted by Crippen LogP contribution is 2.30. The summed E-state index contributed by atoms with van der Waals surface area (Å²) in [4.78, 5) is 16.8. The maximum absolute atomic E-state index is 13.8. The van der Waals surface area contributed by atoms with Crippen LogP contribution in [0.5, 0.6) is 0 Å². The van der Waals surface area contributed by atoms with Crippen molar-refractivity contribution in [3.63, 3.8) is 0 Å². The number of nitrogens with one attached hydrogen (secondary N) is 2. The predicted molar refractivity (Wildman–Crippen MR) is 83.3 cm³/mol. The predicted octanol–water partition coefficient (Wildman–Crippen LogP) is 2.71.